The van der Waals surface area contributed by atoms with Gasteiger partial charge >= 0.3 is 0 Å². The third-order valence-corrected chi connectivity index (χ3v) is 1.93. The van der Waals surface area contributed by atoms with Gasteiger partial charge in [0, 0.05) is 6.42 Å². The van der Waals surface area contributed by atoms with Crippen molar-refractivity contribution in [2.24, 2.45) is 0 Å². The van der Waals surface area contributed by atoms with Gasteiger partial charge in [-0.25, -0.2) is 4.39 Å². The Morgan fingerprint density at radius 2 is 2.45 bits per heavy atom. The van der Waals surface area contributed by atoms with Crippen molar-refractivity contribution in [3.05, 3.63) is 23.8 Å². The Morgan fingerprint density at radius 3 is 3.18 bits per heavy atom. The van der Waals surface area contributed by atoms with Crippen molar-refractivity contribution >= 4 is 0 Å². The summed E-state index contributed by atoms with van der Waals surface area (Å²) in [6.07, 6.45) is 8.73. The highest BCUT2D eigenvalue weighted by molar-refractivity contribution is 5.13. The van der Waals surface area contributed by atoms with Crippen LogP contribution in [0.4, 0.5) is 4.39 Å². The number of hydrogen-bond acceptors (Lipinski definition) is 0. The fourth-order valence-electron chi connectivity index (χ4n) is 1.33. The first-order valence-corrected chi connectivity index (χ1v) is 4.31. The van der Waals surface area contributed by atoms with Crippen LogP contribution in [0.3, 0.4) is 0 Å². The van der Waals surface area contributed by atoms with Crippen molar-refractivity contribution in [1.82, 2.24) is 0 Å². The van der Waals surface area contributed by atoms with Crippen molar-refractivity contribution in [2.45, 2.75) is 38.8 Å². The topological polar surface area (TPSA) is 0 Å². The third-order valence-electron chi connectivity index (χ3n) is 1.93. The molecule has 11 heavy (non-hydrogen) atoms. The zero-order valence-corrected chi connectivity index (χ0v) is 7.02. The molecule has 0 spiro atoms. The van der Waals surface area contributed by atoms with Crippen LogP contribution in [0, 0.1) is 0 Å². The molecule has 0 N–H and O–H groups in total. The maximum Gasteiger partial charge on any atom is 0.122 e. The lowest BCUT2D eigenvalue weighted by Gasteiger charge is -1.99. The quantitative estimate of drug-likeness (QED) is 0.535. The molecule has 0 saturated carbocycles. The summed E-state index contributed by atoms with van der Waals surface area (Å²) in [6, 6.07) is 0. The van der Waals surface area contributed by atoms with Gasteiger partial charge in [0.25, 0.3) is 0 Å². The highest BCUT2D eigenvalue weighted by atomic mass is 19.1. The van der Waals surface area contributed by atoms with Crippen LogP contribution in [0.2, 0.25) is 0 Å². The van der Waals surface area contributed by atoms with Crippen LogP contribution < -0.4 is 0 Å². The largest absolute Gasteiger partial charge is 0.243 e. The highest BCUT2D eigenvalue weighted by Crippen LogP contribution is 2.17. The van der Waals surface area contributed by atoms with Crippen LogP contribution in [-0.4, -0.2) is 6.17 Å². The van der Waals surface area contributed by atoms with Gasteiger partial charge in [-0.3, -0.25) is 0 Å². The SMILES string of the molecule is CCCC1=CCC(F)C=CC1. The fraction of sp³-hybridized carbons (Fsp3) is 0.600. The first-order valence-electron chi connectivity index (χ1n) is 4.31. The Hall–Kier alpha value is -0.590. The third kappa shape index (κ3) is 2.87. The zero-order valence-electron chi connectivity index (χ0n) is 7.02. The van der Waals surface area contributed by atoms with Gasteiger partial charge in [-0.2, -0.15) is 0 Å². The molecule has 1 heteroatoms. The second kappa shape index (κ2) is 4.32. The molecular weight excluding hydrogens is 139 g/mol. The highest BCUT2D eigenvalue weighted by Gasteiger charge is 2.04. The molecular formula is C10H15F. The van der Waals surface area contributed by atoms with Crippen molar-refractivity contribution in [2.75, 3.05) is 0 Å². The average molecular weight is 154 g/mol. The van der Waals surface area contributed by atoms with E-state index in [4.69, 9.17) is 0 Å². The molecule has 0 aromatic carbocycles. The van der Waals surface area contributed by atoms with Gasteiger partial charge in [-0.05, 0) is 12.8 Å². The summed E-state index contributed by atoms with van der Waals surface area (Å²) < 4.78 is 12.7. The summed E-state index contributed by atoms with van der Waals surface area (Å²) in [6.45, 7) is 2.16. The molecule has 0 fully saturated rings. The van der Waals surface area contributed by atoms with Crippen LogP contribution >= 0.6 is 0 Å². The summed E-state index contributed by atoms with van der Waals surface area (Å²) >= 11 is 0. The van der Waals surface area contributed by atoms with Gasteiger partial charge in [0.05, 0.1) is 0 Å². The summed E-state index contributed by atoms with van der Waals surface area (Å²) in [4.78, 5) is 0. The van der Waals surface area contributed by atoms with E-state index in [1.165, 1.54) is 5.57 Å². The van der Waals surface area contributed by atoms with Crippen LogP contribution in [0.25, 0.3) is 0 Å². The summed E-state index contributed by atoms with van der Waals surface area (Å²) in [7, 11) is 0. The molecule has 0 aromatic rings. The van der Waals surface area contributed by atoms with Crippen molar-refractivity contribution in [1.29, 1.82) is 0 Å². The predicted octanol–water partition coefficient (Wildman–Crippen LogP) is 3.40. The molecule has 1 aliphatic carbocycles. The van der Waals surface area contributed by atoms with Crippen molar-refractivity contribution < 1.29 is 4.39 Å². The lowest BCUT2D eigenvalue weighted by atomic mass is 10.1. The van der Waals surface area contributed by atoms with Crippen molar-refractivity contribution in [3.8, 4) is 0 Å². The van der Waals surface area contributed by atoms with E-state index in [1.54, 1.807) is 6.08 Å². The molecule has 0 aliphatic heterocycles. The second-order valence-electron chi connectivity index (χ2n) is 3.00. The number of allylic oxidation sites excluding steroid dienone is 4. The van der Waals surface area contributed by atoms with E-state index in [9.17, 15) is 4.39 Å². The Balaban J connectivity index is 2.47. The molecule has 1 aliphatic rings. The summed E-state index contributed by atoms with van der Waals surface area (Å²) in [5.74, 6) is 0. The molecule has 1 atom stereocenters. The van der Waals surface area contributed by atoms with E-state index in [0.29, 0.717) is 6.42 Å². The number of hydrogen-bond donors (Lipinski definition) is 0. The molecule has 0 bridgehead atoms. The smallest absolute Gasteiger partial charge is 0.122 e. The molecule has 62 valence electrons. The minimum atomic E-state index is -0.746. The first-order chi connectivity index (χ1) is 5.33. The fourth-order valence-corrected chi connectivity index (χ4v) is 1.33. The molecule has 1 rings (SSSR count). The van der Waals surface area contributed by atoms with E-state index in [1.807, 2.05) is 12.2 Å². The predicted molar refractivity (Wildman–Crippen MR) is 46.3 cm³/mol. The molecule has 0 saturated heterocycles. The summed E-state index contributed by atoms with van der Waals surface area (Å²) in [5.41, 5.74) is 1.39. The Kier molecular flexibility index (Phi) is 3.34. The maximum atomic E-state index is 12.7. The normalized spacial score (nSPS) is 24.5. The van der Waals surface area contributed by atoms with E-state index < -0.39 is 6.17 Å². The average Bonchev–Trinajstić information content (AvgIpc) is 2.17. The van der Waals surface area contributed by atoms with Crippen LogP contribution in [0.15, 0.2) is 23.8 Å². The molecule has 0 radical (unpaired) electrons. The van der Waals surface area contributed by atoms with Gasteiger partial charge in [-0.15, -0.1) is 0 Å². The second-order valence-corrected chi connectivity index (χ2v) is 3.00. The lowest BCUT2D eigenvalue weighted by molar-refractivity contribution is 0.404. The van der Waals surface area contributed by atoms with E-state index in [-0.39, 0.29) is 0 Å². The van der Waals surface area contributed by atoms with Gasteiger partial charge in [0.15, 0.2) is 0 Å². The van der Waals surface area contributed by atoms with Crippen LogP contribution in [0.5, 0.6) is 0 Å². The molecule has 0 amide bonds. The molecule has 0 nitrogen and oxygen atoms in total. The molecule has 0 aromatic heterocycles. The minimum Gasteiger partial charge on any atom is -0.243 e. The molecule has 1 unspecified atom stereocenters. The van der Waals surface area contributed by atoms with Gasteiger partial charge < -0.3 is 0 Å². The molecule has 0 heterocycles. The zero-order chi connectivity index (χ0) is 8.10. The van der Waals surface area contributed by atoms with Crippen LogP contribution in [0.1, 0.15) is 32.6 Å². The van der Waals surface area contributed by atoms with Gasteiger partial charge in [0.2, 0.25) is 0 Å². The Morgan fingerprint density at radius 1 is 1.64 bits per heavy atom. The number of alkyl halides is 1. The monoisotopic (exact) mass is 154 g/mol. The summed E-state index contributed by atoms with van der Waals surface area (Å²) in [5, 5.41) is 0. The maximum absolute atomic E-state index is 12.7. The van der Waals surface area contributed by atoms with Gasteiger partial charge in [-0.1, -0.05) is 37.1 Å². The van der Waals surface area contributed by atoms with Crippen molar-refractivity contribution in [3.63, 3.8) is 0 Å². The Labute approximate surface area is 67.8 Å². The first kappa shape index (κ1) is 8.51. The van der Waals surface area contributed by atoms with E-state index >= 15 is 0 Å². The Bertz CT molecular complexity index is 168. The van der Waals surface area contributed by atoms with E-state index in [0.717, 1.165) is 19.3 Å². The lowest BCUT2D eigenvalue weighted by Crippen LogP contribution is -1.89. The number of rotatable bonds is 2. The number of halogens is 1. The minimum absolute atomic E-state index is 0.575. The van der Waals surface area contributed by atoms with E-state index in [2.05, 4.69) is 6.92 Å². The van der Waals surface area contributed by atoms with Crippen LogP contribution in [-0.2, 0) is 0 Å². The van der Waals surface area contributed by atoms with Gasteiger partial charge in [0.1, 0.15) is 6.17 Å². The standard InChI is InChI=1S/C10H15F/c1-2-4-9-5-3-6-10(11)8-7-9/h3,6-7,10H,2,4-5,8H2,1H3.